The molecule has 0 aliphatic carbocycles. The van der Waals surface area contributed by atoms with Crippen molar-refractivity contribution in [3.63, 3.8) is 0 Å². The first-order chi connectivity index (χ1) is 8.83. The van der Waals surface area contributed by atoms with E-state index >= 15 is 0 Å². The maximum atomic E-state index is 6.35. The highest BCUT2D eigenvalue weighted by Crippen LogP contribution is 2.32. The number of hydrogen-bond acceptors (Lipinski definition) is 3. The lowest BCUT2D eigenvalue weighted by atomic mass is 10.1. The second-order valence-electron chi connectivity index (χ2n) is 4.17. The highest BCUT2D eigenvalue weighted by Gasteiger charge is 2.28. The van der Waals surface area contributed by atoms with Gasteiger partial charge in [0.05, 0.1) is 5.38 Å². The smallest absolute Gasteiger partial charge is 0.161 e. The Morgan fingerprint density at radius 3 is 3.00 bits per heavy atom. The van der Waals surface area contributed by atoms with Crippen LogP contribution >= 0.6 is 11.6 Å². The molecule has 0 spiro atoms. The number of rotatable bonds is 3. The lowest BCUT2D eigenvalue weighted by Crippen LogP contribution is -2.38. The molecule has 2 aromatic rings. The molecule has 0 amide bonds. The van der Waals surface area contributed by atoms with Crippen molar-refractivity contribution in [2.75, 3.05) is 6.61 Å². The van der Waals surface area contributed by atoms with Crippen LogP contribution in [0, 0.1) is 0 Å². The number of fused-ring (bicyclic) bond motifs is 1. The van der Waals surface area contributed by atoms with Crippen molar-refractivity contribution < 1.29 is 9.47 Å². The van der Waals surface area contributed by atoms with E-state index in [1.165, 1.54) is 0 Å². The summed E-state index contributed by atoms with van der Waals surface area (Å²) in [5.41, 5.74) is 0. The van der Waals surface area contributed by atoms with Gasteiger partial charge in [-0.1, -0.05) is 12.1 Å². The number of benzene rings is 1. The van der Waals surface area contributed by atoms with Crippen LogP contribution in [0.15, 0.2) is 36.7 Å². The Balaban J connectivity index is 1.68. The Bertz CT molecular complexity index is 515. The summed E-state index contributed by atoms with van der Waals surface area (Å²) in [5.74, 6) is 2.38. The van der Waals surface area contributed by atoms with Crippen LogP contribution in [0.5, 0.6) is 11.5 Å². The van der Waals surface area contributed by atoms with Gasteiger partial charge in [0.2, 0.25) is 0 Å². The minimum atomic E-state index is -0.176. The molecule has 1 aliphatic rings. The second kappa shape index (κ2) is 4.90. The largest absolute Gasteiger partial charge is 0.486 e. The molecule has 0 bridgehead atoms. The van der Waals surface area contributed by atoms with Gasteiger partial charge in [-0.15, -0.1) is 11.6 Å². The van der Waals surface area contributed by atoms with E-state index in [1.54, 1.807) is 12.4 Å². The SMILES string of the molecule is ClC(Cc1ncc[nH]1)C1COc2ccccc2O1. The third-order valence-corrected chi connectivity index (χ3v) is 3.31. The van der Waals surface area contributed by atoms with Crippen molar-refractivity contribution in [2.45, 2.75) is 17.9 Å². The molecular formula is C13H13ClN2O2. The number of aromatic amines is 1. The average molecular weight is 265 g/mol. The predicted octanol–water partition coefficient (Wildman–Crippen LogP) is 2.40. The van der Waals surface area contributed by atoms with Crippen molar-refractivity contribution >= 4 is 11.6 Å². The van der Waals surface area contributed by atoms with Crippen LogP contribution in [0.25, 0.3) is 0 Å². The molecule has 3 rings (SSSR count). The first-order valence-corrected chi connectivity index (χ1v) is 6.27. The summed E-state index contributed by atoms with van der Waals surface area (Å²) in [6.07, 6.45) is 3.97. The first-order valence-electron chi connectivity index (χ1n) is 5.84. The minimum absolute atomic E-state index is 0.160. The zero-order chi connectivity index (χ0) is 12.4. The van der Waals surface area contributed by atoms with Gasteiger partial charge in [0.15, 0.2) is 11.5 Å². The maximum absolute atomic E-state index is 6.35. The topological polar surface area (TPSA) is 47.1 Å². The molecule has 5 heteroatoms. The molecule has 2 unspecified atom stereocenters. The van der Waals surface area contributed by atoms with Gasteiger partial charge in [0.25, 0.3) is 0 Å². The fourth-order valence-electron chi connectivity index (χ4n) is 1.94. The lowest BCUT2D eigenvalue weighted by molar-refractivity contribution is 0.0874. The number of halogens is 1. The number of aromatic nitrogens is 2. The number of imidazole rings is 1. The van der Waals surface area contributed by atoms with Gasteiger partial charge in [-0.2, -0.15) is 0 Å². The molecule has 4 nitrogen and oxygen atoms in total. The Hall–Kier alpha value is -1.68. The Morgan fingerprint density at radius 1 is 1.39 bits per heavy atom. The van der Waals surface area contributed by atoms with E-state index in [1.807, 2.05) is 24.3 Å². The van der Waals surface area contributed by atoms with Crippen LogP contribution in [-0.2, 0) is 6.42 Å². The molecule has 18 heavy (non-hydrogen) atoms. The standard InChI is InChI=1S/C13H13ClN2O2/c14-9(7-13-15-5-6-16-13)12-8-17-10-3-1-2-4-11(10)18-12/h1-6,9,12H,7-8H2,(H,15,16). The predicted molar refractivity (Wildman–Crippen MR) is 68.3 cm³/mol. The third-order valence-electron chi connectivity index (χ3n) is 2.88. The van der Waals surface area contributed by atoms with Crippen LogP contribution in [0.2, 0.25) is 0 Å². The monoisotopic (exact) mass is 264 g/mol. The molecule has 0 fully saturated rings. The van der Waals surface area contributed by atoms with E-state index in [-0.39, 0.29) is 11.5 Å². The van der Waals surface area contributed by atoms with Gasteiger partial charge in [0, 0.05) is 18.8 Å². The third kappa shape index (κ3) is 2.29. The molecule has 0 saturated heterocycles. The molecule has 1 aromatic heterocycles. The van der Waals surface area contributed by atoms with Crippen molar-refractivity contribution in [1.82, 2.24) is 9.97 Å². The van der Waals surface area contributed by atoms with E-state index in [9.17, 15) is 0 Å². The number of H-pyrrole nitrogens is 1. The molecule has 94 valence electrons. The lowest BCUT2D eigenvalue weighted by Gasteiger charge is -2.29. The van der Waals surface area contributed by atoms with Gasteiger partial charge in [-0.3, -0.25) is 0 Å². The molecule has 2 heterocycles. The summed E-state index contributed by atoms with van der Waals surface area (Å²) >= 11 is 6.35. The Kier molecular flexibility index (Phi) is 3.11. The first kappa shape index (κ1) is 11.4. The summed E-state index contributed by atoms with van der Waals surface area (Å²) in [5, 5.41) is -0.176. The molecule has 2 atom stereocenters. The van der Waals surface area contributed by atoms with Crippen LogP contribution in [-0.4, -0.2) is 28.1 Å². The number of para-hydroxylation sites is 2. The van der Waals surface area contributed by atoms with Crippen LogP contribution in [0.1, 0.15) is 5.82 Å². The number of hydrogen-bond donors (Lipinski definition) is 1. The normalized spacial score (nSPS) is 19.5. The number of ether oxygens (including phenoxy) is 2. The average Bonchev–Trinajstić information content (AvgIpc) is 2.91. The molecule has 1 aromatic carbocycles. The Morgan fingerprint density at radius 2 is 2.22 bits per heavy atom. The summed E-state index contributed by atoms with van der Waals surface area (Å²) in [6.45, 7) is 0.464. The summed E-state index contributed by atoms with van der Waals surface area (Å²) in [4.78, 5) is 7.19. The Labute approximate surface area is 110 Å². The molecule has 1 aliphatic heterocycles. The highest BCUT2D eigenvalue weighted by atomic mass is 35.5. The van der Waals surface area contributed by atoms with Crippen LogP contribution in [0.3, 0.4) is 0 Å². The van der Waals surface area contributed by atoms with E-state index in [4.69, 9.17) is 21.1 Å². The number of nitrogens with zero attached hydrogens (tertiary/aromatic N) is 1. The van der Waals surface area contributed by atoms with Crippen molar-refractivity contribution in [1.29, 1.82) is 0 Å². The van der Waals surface area contributed by atoms with E-state index < -0.39 is 0 Å². The summed E-state index contributed by atoms with van der Waals surface area (Å²) in [6, 6.07) is 7.61. The quantitative estimate of drug-likeness (QED) is 0.866. The molecule has 1 N–H and O–H groups in total. The minimum Gasteiger partial charge on any atom is -0.486 e. The number of nitrogens with one attached hydrogen (secondary N) is 1. The fraction of sp³-hybridized carbons (Fsp3) is 0.308. The summed E-state index contributed by atoms with van der Waals surface area (Å²) < 4.78 is 11.5. The molecular weight excluding hydrogens is 252 g/mol. The van der Waals surface area contributed by atoms with Crippen molar-refractivity contribution in [2.24, 2.45) is 0 Å². The number of alkyl halides is 1. The molecule has 0 saturated carbocycles. The van der Waals surface area contributed by atoms with E-state index in [0.29, 0.717) is 13.0 Å². The summed E-state index contributed by atoms with van der Waals surface area (Å²) in [7, 11) is 0. The van der Waals surface area contributed by atoms with Gasteiger partial charge < -0.3 is 14.5 Å². The fourth-order valence-corrected chi connectivity index (χ4v) is 2.21. The zero-order valence-electron chi connectivity index (χ0n) is 9.67. The highest BCUT2D eigenvalue weighted by molar-refractivity contribution is 6.21. The van der Waals surface area contributed by atoms with E-state index in [2.05, 4.69) is 9.97 Å². The molecule has 0 radical (unpaired) electrons. The second-order valence-corrected chi connectivity index (χ2v) is 4.73. The van der Waals surface area contributed by atoms with Crippen molar-refractivity contribution in [3.05, 3.63) is 42.5 Å². The van der Waals surface area contributed by atoms with Gasteiger partial charge >= 0.3 is 0 Å². The van der Waals surface area contributed by atoms with Gasteiger partial charge in [-0.05, 0) is 12.1 Å². The van der Waals surface area contributed by atoms with E-state index in [0.717, 1.165) is 17.3 Å². The maximum Gasteiger partial charge on any atom is 0.161 e. The van der Waals surface area contributed by atoms with Crippen LogP contribution < -0.4 is 9.47 Å². The van der Waals surface area contributed by atoms with Gasteiger partial charge in [-0.25, -0.2) is 4.98 Å². The van der Waals surface area contributed by atoms with Crippen LogP contribution in [0.4, 0.5) is 0 Å². The zero-order valence-corrected chi connectivity index (χ0v) is 10.4. The van der Waals surface area contributed by atoms with Gasteiger partial charge in [0.1, 0.15) is 18.5 Å². The van der Waals surface area contributed by atoms with Crippen molar-refractivity contribution in [3.8, 4) is 11.5 Å².